The molecule has 0 amide bonds. The molecule has 0 rings (SSSR count). The molecule has 0 fully saturated rings. The van der Waals surface area contributed by atoms with Gasteiger partial charge in [-0.25, -0.2) is 0 Å². The molecule has 0 aliphatic rings. The van der Waals surface area contributed by atoms with E-state index >= 15 is 0 Å². The summed E-state index contributed by atoms with van der Waals surface area (Å²) < 4.78 is 9.41. The number of hydrogen-bond donors (Lipinski definition) is 1. The third-order valence-corrected chi connectivity index (χ3v) is 0.721. The predicted molar refractivity (Wildman–Crippen MR) is 37.2 cm³/mol. The smallest absolute Gasteiger partial charge is 1.00 e. The summed E-state index contributed by atoms with van der Waals surface area (Å²) >= 11 is 0. The van der Waals surface area contributed by atoms with Gasteiger partial charge < -0.3 is 17.4 Å². The molecule has 0 aromatic rings. The summed E-state index contributed by atoms with van der Waals surface area (Å²) in [5, 5.41) is 8.55. The number of aliphatic hydroxyl groups is 1. The van der Waals surface area contributed by atoms with Gasteiger partial charge in [-0.2, -0.15) is 0 Å². The van der Waals surface area contributed by atoms with Crippen LogP contribution in [0.1, 0.15) is 16.7 Å². The molecule has 0 saturated carbocycles. The van der Waals surface area contributed by atoms with Crippen LogP contribution in [-0.2, 0) is 9.47 Å². The molecule has 2 unspecified atom stereocenters. The maximum absolute atomic E-state index is 8.55. The molecule has 9 heavy (non-hydrogen) atoms. The second-order valence-corrected chi connectivity index (χ2v) is 1.54. The van der Waals surface area contributed by atoms with E-state index in [4.69, 9.17) is 9.84 Å². The minimum atomic E-state index is -0.745. The first-order valence-corrected chi connectivity index (χ1v) is 2.53. The molecule has 0 aliphatic carbocycles. The Labute approximate surface area is 74.5 Å². The SMILES string of the molecule is COC(C)OC(C)O.[H-].[H-].[Mg+2]. The first-order valence-electron chi connectivity index (χ1n) is 2.53. The summed E-state index contributed by atoms with van der Waals surface area (Å²) in [5.74, 6) is 0. The Morgan fingerprint density at radius 3 is 2.00 bits per heavy atom. The molecular weight excluding hydrogens is 132 g/mol. The van der Waals surface area contributed by atoms with E-state index in [-0.39, 0.29) is 32.2 Å². The Morgan fingerprint density at radius 2 is 1.89 bits per heavy atom. The molecule has 0 aromatic carbocycles. The number of hydrogen-bond acceptors (Lipinski definition) is 3. The van der Waals surface area contributed by atoms with Crippen molar-refractivity contribution in [3.63, 3.8) is 0 Å². The van der Waals surface area contributed by atoms with E-state index in [0.29, 0.717) is 0 Å². The van der Waals surface area contributed by atoms with E-state index in [1.165, 1.54) is 14.0 Å². The molecule has 0 aromatic heterocycles. The van der Waals surface area contributed by atoms with Crippen LogP contribution in [0, 0.1) is 0 Å². The number of methoxy groups -OCH3 is 1. The Hall–Kier alpha value is 0.646. The summed E-state index contributed by atoms with van der Waals surface area (Å²) in [6, 6.07) is 0. The molecule has 0 saturated heterocycles. The molecule has 1 N–H and O–H groups in total. The fourth-order valence-electron chi connectivity index (χ4n) is 0.333. The van der Waals surface area contributed by atoms with E-state index in [1.807, 2.05) is 0 Å². The van der Waals surface area contributed by atoms with Crippen LogP contribution in [0.25, 0.3) is 0 Å². The minimum Gasteiger partial charge on any atom is -1.00 e. The van der Waals surface area contributed by atoms with Crippen LogP contribution in [-0.4, -0.2) is 47.8 Å². The number of aliphatic hydroxyl groups excluding tert-OH is 1. The Kier molecular flexibility index (Phi) is 9.27. The van der Waals surface area contributed by atoms with E-state index in [1.54, 1.807) is 6.92 Å². The zero-order valence-electron chi connectivity index (χ0n) is 8.13. The molecule has 54 valence electrons. The number of ether oxygens (including phenoxy) is 2. The molecule has 2 atom stereocenters. The van der Waals surface area contributed by atoms with Crippen LogP contribution in [0.5, 0.6) is 0 Å². The third kappa shape index (κ3) is 8.65. The predicted octanol–water partition coefficient (Wildman–Crippen LogP) is 0.178. The maximum atomic E-state index is 8.55. The van der Waals surface area contributed by atoms with Crippen molar-refractivity contribution in [2.24, 2.45) is 0 Å². The van der Waals surface area contributed by atoms with Gasteiger partial charge in [-0.1, -0.05) is 0 Å². The fourth-order valence-corrected chi connectivity index (χ4v) is 0.333. The van der Waals surface area contributed by atoms with Gasteiger partial charge in [0.2, 0.25) is 0 Å². The van der Waals surface area contributed by atoms with Gasteiger partial charge in [0.15, 0.2) is 12.6 Å². The van der Waals surface area contributed by atoms with E-state index in [9.17, 15) is 0 Å². The van der Waals surface area contributed by atoms with Crippen molar-refractivity contribution in [3.05, 3.63) is 0 Å². The Bertz CT molecular complexity index is 65.7. The molecule has 3 nitrogen and oxygen atoms in total. The van der Waals surface area contributed by atoms with Crippen LogP contribution >= 0.6 is 0 Å². The largest absolute Gasteiger partial charge is 2.00 e. The summed E-state index contributed by atoms with van der Waals surface area (Å²) in [7, 11) is 1.52. The zero-order valence-corrected chi connectivity index (χ0v) is 7.54. The van der Waals surface area contributed by atoms with Crippen LogP contribution in [0.15, 0.2) is 0 Å². The molecule has 4 heteroatoms. The standard InChI is InChI=1S/C5H12O3.Mg.2H/c1-4(6)8-5(2)7-3;;;/h4-6H,1-3H3;;;/q;+2;2*-1. The average molecular weight is 146 g/mol. The summed E-state index contributed by atoms with van der Waals surface area (Å²) in [6.45, 7) is 3.25. The molecule has 0 radical (unpaired) electrons. The van der Waals surface area contributed by atoms with Crippen LogP contribution < -0.4 is 0 Å². The molecule has 0 bridgehead atoms. The molecular formula is C5H14MgO3. The van der Waals surface area contributed by atoms with Crippen molar-refractivity contribution in [1.82, 2.24) is 0 Å². The molecule has 0 aliphatic heterocycles. The average Bonchev–Trinajstić information content (AvgIpc) is 1.65. The van der Waals surface area contributed by atoms with Gasteiger partial charge in [0, 0.05) is 7.11 Å². The van der Waals surface area contributed by atoms with Crippen molar-refractivity contribution < 1.29 is 17.4 Å². The summed E-state index contributed by atoms with van der Waals surface area (Å²) in [6.07, 6.45) is -1.07. The van der Waals surface area contributed by atoms with Gasteiger partial charge in [0.05, 0.1) is 0 Å². The molecule has 0 heterocycles. The van der Waals surface area contributed by atoms with Crippen molar-refractivity contribution in [2.75, 3.05) is 7.11 Å². The van der Waals surface area contributed by atoms with Gasteiger partial charge >= 0.3 is 23.1 Å². The van der Waals surface area contributed by atoms with Crippen molar-refractivity contribution in [1.29, 1.82) is 0 Å². The second-order valence-electron chi connectivity index (χ2n) is 1.54. The van der Waals surface area contributed by atoms with Crippen LogP contribution in [0.2, 0.25) is 0 Å². The normalized spacial score (nSPS) is 16.0. The van der Waals surface area contributed by atoms with Gasteiger partial charge in [0.1, 0.15) is 0 Å². The van der Waals surface area contributed by atoms with Crippen LogP contribution in [0.3, 0.4) is 0 Å². The van der Waals surface area contributed by atoms with E-state index in [2.05, 4.69) is 4.74 Å². The van der Waals surface area contributed by atoms with Gasteiger partial charge in [-0.05, 0) is 13.8 Å². The van der Waals surface area contributed by atoms with Gasteiger partial charge in [-0.15, -0.1) is 0 Å². The summed E-state index contributed by atoms with van der Waals surface area (Å²) in [5.41, 5.74) is 0. The Balaban J connectivity index is -0.0000000817. The monoisotopic (exact) mass is 146 g/mol. The van der Waals surface area contributed by atoms with Crippen LogP contribution in [0.4, 0.5) is 0 Å². The van der Waals surface area contributed by atoms with Crippen molar-refractivity contribution >= 4 is 23.1 Å². The van der Waals surface area contributed by atoms with Crippen molar-refractivity contribution in [2.45, 2.75) is 26.4 Å². The quantitative estimate of drug-likeness (QED) is 0.456. The van der Waals surface area contributed by atoms with E-state index in [0.717, 1.165) is 0 Å². The molecule has 0 spiro atoms. The minimum absolute atomic E-state index is 0. The fraction of sp³-hybridized carbons (Fsp3) is 1.00. The van der Waals surface area contributed by atoms with Gasteiger partial charge in [-0.3, -0.25) is 0 Å². The summed E-state index contributed by atoms with van der Waals surface area (Å²) in [4.78, 5) is 0. The van der Waals surface area contributed by atoms with E-state index < -0.39 is 6.29 Å². The number of rotatable bonds is 3. The second kappa shape index (κ2) is 6.76. The maximum Gasteiger partial charge on any atom is 2.00 e. The first kappa shape index (κ1) is 12.3. The zero-order chi connectivity index (χ0) is 6.57. The van der Waals surface area contributed by atoms with Crippen molar-refractivity contribution in [3.8, 4) is 0 Å². The first-order chi connectivity index (χ1) is 3.66. The topological polar surface area (TPSA) is 38.7 Å². The third-order valence-electron chi connectivity index (χ3n) is 0.721. The van der Waals surface area contributed by atoms with Gasteiger partial charge in [0.25, 0.3) is 0 Å². The Morgan fingerprint density at radius 1 is 1.44 bits per heavy atom.